The van der Waals surface area contributed by atoms with E-state index >= 15 is 0 Å². The Morgan fingerprint density at radius 2 is 1.84 bits per heavy atom. The van der Waals surface area contributed by atoms with Crippen molar-refractivity contribution in [1.82, 2.24) is 0 Å². The molecule has 1 atom stereocenters. The second-order valence-electron chi connectivity index (χ2n) is 7.73. The van der Waals surface area contributed by atoms with E-state index < -0.39 is 0 Å². The average Bonchev–Trinajstić information content (AvgIpc) is 2.56. The quantitative estimate of drug-likeness (QED) is 0.922. The van der Waals surface area contributed by atoms with Crippen molar-refractivity contribution in [3.05, 3.63) is 59.2 Å². The Balaban J connectivity index is 1.90. The van der Waals surface area contributed by atoms with Gasteiger partial charge in [-0.3, -0.25) is 4.79 Å². The topological polar surface area (TPSA) is 55.6 Å². The Bertz CT molecular complexity index is 773. The fraction of sp³-hybridized carbons (Fsp3) is 0.381. The van der Waals surface area contributed by atoms with Gasteiger partial charge in [-0.05, 0) is 41.2 Å². The molecule has 0 saturated carbocycles. The summed E-state index contributed by atoms with van der Waals surface area (Å²) in [5.41, 5.74) is 10.3. The molecule has 0 radical (unpaired) electrons. The lowest BCUT2D eigenvalue weighted by atomic mass is 9.87. The summed E-state index contributed by atoms with van der Waals surface area (Å²) in [4.78, 5) is 14.2. The highest BCUT2D eigenvalue weighted by Crippen LogP contribution is 2.35. The normalized spacial score (nSPS) is 15.6. The summed E-state index contributed by atoms with van der Waals surface area (Å²) in [5, 5.41) is 0. The summed E-state index contributed by atoms with van der Waals surface area (Å²) < 4.78 is 5.57. The van der Waals surface area contributed by atoms with Crippen LogP contribution in [0, 0.1) is 0 Å². The smallest absolute Gasteiger partial charge is 0.265 e. The Morgan fingerprint density at radius 3 is 2.44 bits per heavy atom. The van der Waals surface area contributed by atoms with Crippen molar-refractivity contribution in [2.24, 2.45) is 5.73 Å². The number of hydrogen-bond donors (Lipinski definition) is 1. The van der Waals surface area contributed by atoms with E-state index in [0.717, 1.165) is 22.6 Å². The van der Waals surface area contributed by atoms with Gasteiger partial charge >= 0.3 is 0 Å². The Labute approximate surface area is 149 Å². The number of fused-ring (bicyclic) bond motifs is 1. The highest BCUT2D eigenvalue weighted by atomic mass is 16.5. The van der Waals surface area contributed by atoms with Gasteiger partial charge in [0.25, 0.3) is 5.91 Å². The molecule has 4 nitrogen and oxygen atoms in total. The minimum absolute atomic E-state index is 0.0331. The number of rotatable bonds is 3. The summed E-state index contributed by atoms with van der Waals surface area (Å²) in [7, 11) is 0. The maximum absolute atomic E-state index is 12.4. The van der Waals surface area contributed by atoms with Gasteiger partial charge < -0.3 is 15.4 Å². The Hall–Kier alpha value is -2.33. The summed E-state index contributed by atoms with van der Waals surface area (Å²) in [6.45, 7) is 9.12. The molecule has 0 saturated heterocycles. The molecule has 2 aromatic carbocycles. The van der Waals surface area contributed by atoms with Crippen LogP contribution in [0.3, 0.4) is 0 Å². The van der Waals surface area contributed by atoms with Crippen molar-refractivity contribution in [3.63, 3.8) is 0 Å². The second kappa shape index (κ2) is 6.52. The zero-order valence-corrected chi connectivity index (χ0v) is 15.4. The summed E-state index contributed by atoms with van der Waals surface area (Å²) in [6, 6.07) is 14.2. The monoisotopic (exact) mass is 338 g/mol. The van der Waals surface area contributed by atoms with Crippen LogP contribution in [-0.4, -0.2) is 12.5 Å². The molecule has 1 aliphatic heterocycles. The minimum Gasteiger partial charge on any atom is -0.482 e. The van der Waals surface area contributed by atoms with Crippen LogP contribution in [-0.2, 0) is 16.8 Å². The van der Waals surface area contributed by atoms with E-state index in [1.165, 1.54) is 5.56 Å². The van der Waals surface area contributed by atoms with Crippen LogP contribution in [0.4, 0.5) is 5.69 Å². The second-order valence-corrected chi connectivity index (χ2v) is 7.73. The first-order valence-electron chi connectivity index (χ1n) is 8.68. The minimum atomic E-state index is -0.0877. The summed E-state index contributed by atoms with van der Waals surface area (Å²) in [5.74, 6) is 0.699. The predicted molar refractivity (Wildman–Crippen MR) is 101 cm³/mol. The van der Waals surface area contributed by atoms with Crippen molar-refractivity contribution in [1.29, 1.82) is 0 Å². The molecule has 1 amide bonds. The number of ether oxygens (including phenoxy) is 1. The molecular formula is C21H26N2O2. The number of benzene rings is 2. The van der Waals surface area contributed by atoms with Crippen LogP contribution in [0.5, 0.6) is 5.75 Å². The van der Waals surface area contributed by atoms with Gasteiger partial charge in [-0.15, -0.1) is 0 Å². The Morgan fingerprint density at radius 1 is 1.16 bits per heavy atom. The third-order valence-corrected chi connectivity index (χ3v) is 4.61. The Kier molecular flexibility index (Phi) is 4.56. The molecule has 0 bridgehead atoms. The SMILES string of the molecule is CC(N)c1ccc2c(c1)N(Cc1ccc(C(C)(C)C)cc1)C(=O)CO2. The maximum atomic E-state index is 12.4. The largest absolute Gasteiger partial charge is 0.482 e. The molecule has 0 aliphatic carbocycles. The standard InChI is InChI=1S/C21H26N2O2/c1-14(22)16-7-10-19-18(11-16)23(20(24)13-25-19)12-15-5-8-17(9-6-15)21(2,3)4/h5-11,14H,12-13,22H2,1-4H3. The molecule has 2 aromatic rings. The van der Waals surface area contributed by atoms with E-state index in [-0.39, 0.29) is 24.0 Å². The van der Waals surface area contributed by atoms with Gasteiger partial charge in [0.2, 0.25) is 0 Å². The highest BCUT2D eigenvalue weighted by Gasteiger charge is 2.26. The van der Waals surface area contributed by atoms with Gasteiger partial charge in [0, 0.05) is 6.04 Å². The van der Waals surface area contributed by atoms with E-state index in [1.807, 2.05) is 25.1 Å². The number of amides is 1. The van der Waals surface area contributed by atoms with Crippen molar-refractivity contribution >= 4 is 11.6 Å². The van der Waals surface area contributed by atoms with E-state index in [1.54, 1.807) is 4.90 Å². The van der Waals surface area contributed by atoms with Crippen LogP contribution in [0.25, 0.3) is 0 Å². The fourth-order valence-corrected chi connectivity index (χ4v) is 2.97. The van der Waals surface area contributed by atoms with Crippen LogP contribution >= 0.6 is 0 Å². The molecule has 0 spiro atoms. The van der Waals surface area contributed by atoms with Crippen molar-refractivity contribution in [3.8, 4) is 5.75 Å². The number of nitrogens with two attached hydrogens (primary N) is 1. The molecule has 0 fully saturated rings. The number of anilines is 1. The lowest BCUT2D eigenvalue weighted by Crippen LogP contribution is -2.38. The van der Waals surface area contributed by atoms with Gasteiger partial charge in [0.1, 0.15) is 5.75 Å². The lowest BCUT2D eigenvalue weighted by Gasteiger charge is -2.30. The third-order valence-electron chi connectivity index (χ3n) is 4.61. The third kappa shape index (κ3) is 3.69. The van der Waals surface area contributed by atoms with Gasteiger partial charge in [0.15, 0.2) is 6.61 Å². The molecule has 25 heavy (non-hydrogen) atoms. The maximum Gasteiger partial charge on any atom is 0.265 e. The first-order valence-corrected chi connectivity index (χ1v) is 8.68. The highest BCUT2D eigenvalue weighted by molar-refractivity contribution is 5.97. The van der Waals surface area contributed by atoms with Gasteiger partial charge in [-0.1, -0.05) is 51.1 Å². The van der Waals surface area contributed by atoms with Crippen LogP contribution in [0.15, 0.2) is 42.5 Å². The molecular weight excluding hydrogens is 312 g/mol. The number of carbonyl (C=O) groups is 1. The molecule has 1 unspecified atom stereocenters. The molecule has 4 heteroatoms. The van der Waals surface area contributed by atoms with Gasteiger partial charge in [-0.2, -0.15) is 0 Å². The van der Waals surface area contributed by atoms with Crippen molar-refractivity contribution in [2.45, 2.75) is 45.7 Å². The molecule has 132 valence electrons. The molecule has 3 rings (SSSR count). The first-order chi connectivity index (χ1) is 11.8. The number of hydrogen-bond acceptors (Lipinski definition) is 3. The first kappa shape index (κ1) is 17.5. The van der Waals surface area contributed by atoms with E-state index in [4.69, 9.17) is 10.5 Å². The number of nitrogens with zero attached hydrogens (tertiary/aromatic N) is 1. The zero-order valence-electron chi connectivity index (χ0n) is 15.4. The summed E-state index contributed by atoms with van der Waals surface area (Å²) >= 11 is 0. The van der Waals surface area contributed by atoms with Crippen LogP contribution < -0.4 is 15.4 Å². The summed E-state index contributed by atoms with van der Waals surface area (Å²) in [6.07, 6.45) is 0. The van der Waals surface area contributed by atoms with Gasteiger partial charge in [0.05, 0.1) is 12.2 Å². The van der Waals surface area contributed by atoms with Crippen LogP contribution in [0.1, 0.15) is 50.4 Å². The van der Waals surface area contributed by atoms with E-state index in [9.17, 15) is 4.79 Å². The zero-order chi connectivity index (χ0) is 18.2. The van der Waals surface area contributed by atoms with E-state index in [0.29, 0.717) is 6.54 Å². The molecule has 0 aromatic heterocycles. The number of carbonyl (C=O) groups excluding carboxylic acids is 1. The molecule has 1 aliphatic rings. The van der Waals surface area contributed by atoms with Crippen LogP contribution in [0.2, 0.25) is 0 Å². The van der Waals surface area contributed by atoms with Crippen molar-refractivity contribution in [2.75, 3.05) is 11.5 Å². The average molecular weight is 338 g/mol. The van der Waals surface area contributed by atoms with Crippen molar-refractivity contribution < 1.29 is 9.53 Å². The van der Waals surface area contributed by atoms with E-state index in [2.05, 4.69) is 45.0 Å². The predicted octanol–water partition coefficient (Wildman–Crippen LogP) is 3.93. The van der Waals surface area contributed by atoms with Gasteiger partial charge in [-0.25, -0.2) is 0 Å². The molecule has 2 N–H and O–H groups in total. The molecule has 1 heterocycles. The lowest BCUT2D eigenvalue weighted by molar-refractivity contribution is -0.121. The fourth-order valence-electron chi connectivity index (χ4n) is 2.97.